The van der Waals surface area contributed by atoms with E-state index >= 15 is 0 Å². The Morgan fingerprint density at radius 3 is 1.48 bits per heavy atom. The van der Waals surface area contributed by atoms with Gasteiger partial charge in [-0.1, -0.05) is 24.3 Å². The summed E-state index contributed by atoms with van der Waals surface area (Å²) in [5, 5.41) is 39.7. The fourth-order valence-electron chi connectivity index (χ4n) is 5.98. The average Bonchev–Trinajstić information content (AvgIpc) is 3.67. The van der Waals surface area contributed by atoms with Crippen molar-refractivity contribution < 1.29 is 24.1 Å². The molecular formula is C39H34N10O7. The molecule has 17 heteroatoms. The lowest BCUT2D eigenvalue weighted by Gasteiger charge is -2.23. The fourth-order valence-corrected chi connectivity index (χ4v) is 5.98. The standard InChI is InChI=1S/C39H34N10O7/c1-54-30-15-6-25(7-16-30)35-23-33(46-47(35)34-21-14-29(48(50)51)22-36(34)49(52)53)24-4-8-26(9-5-24)40-37-43-38(41-27-10-17-31(55-2)18-11-27)45-39(44-37)42-28-12-19-32(56-3)20-13-28/h4-22,35H,23H2,1-3H3,(H3,40,41,42,43,44,45). The first-order valence-corrected chi connectivity index (χ1v) is 17.1. The summed E-state index contributed by atoms with van der Waals surface area (Å²) < 4.78 is 15.9. The SMILES string of the molecule is COc1ccc(Nc2nc(Nc3ccc(OC)cc3)nc(Nc3ccc(C4=NN(c5ccc([N+](=O)[O-])cc5[N+](=O)[O-])C(c5ccc(OC)cc5)C4)cc3)n2)cc1. The highest BCUT2D eigenvalue weighted by molar-refractivity contribution is 6.03. The maximum atomic E-state index is 12.1. The number of hydrogen-bond donors (Lipinski definition) is 3. The molecule has 0 aliphatic carbocycles. The monoisotopic (exact) mass is 754 g/mol. The van der Waals surface area contributed by atoms with Gasteiger partial charge in [0.15, 0.2) is 0 Å². The number of nitro groups is 2. The van der Waals surface area contributed by atoms with E-state index in [1.807, 2.05) is 84.9 Å². The Hall–Kier alpha value is -7.82. The van der Waals surface area contributed by atoms with Crippen LogP contribution in [-0.2, 0) is 0 Å². The highest BCUT2D eigenvalue weighted by atomic mass is 16.6. The lowest BCUT2D eigenvalue weighted by atomic mass is 9.98. The van der Waals surface area contributed by atoms with E-state index in [0.29, 0.717) is 35.1 Å². The molecule has 0 amide bonds. The molecular weight excluding hydrogens is 720 g/mol. The van der Waals surface area contributed by atoms with E-state index < -0.39 is 27.3 Å². The molecule has 0 bridgehead atoms. The van der Waals surface area contributed by atoms with E-state index in [2.05, 4.69) is 30.9 Å². The second-order valence-corrected chi connectivity index (χ2v) is 12.3. The summed E-state index contributed by atoms with van der Waals surface area (Å²) in [6, 6.07) is 32.5. The number of methoxy groups -OCH3 is 3. The van der Waals surface area contributed by atoms with Crippen molar-refractivity contribution in [3.8, 4) is 17.2 Å². The van der Waals surface area contributed by atoms with E-state index in [-0.39, 0.29) is 23.5 Å². The zero-order valence-electron chi connectivity index (χ0n) is 30.2. The Morgan fingerprint density at radius 2 is 1.05 bits per heavy atom. The minimum atomic E-state index is -0.667. The lowest BCUT2D eigenvalue weighted by Crippen LogP contribution is -2.19. The summed E-state index contributed by atoms with van der Waals surface area (Å²) in [6.07, 6.45) is 0.390. The van der Waals surface area contributed by atoms with Crippen LogP contribution < -0.4 is 35.2 Å². The van der Waals surface area contributed by atoms with E-state index in [1.54, 1.807) is 38.5 Å². The molecule has 56 heavy (non-hydrogen) atoms. The van der Waals surface area contributed by atoms with Crippen molar-refractivity contribution in [2.75, 3.05) is 42.3 Å². The number of rotatable bonds is 14. The van der Waals surface area contributed by atoms with Gasteiger partial charge in [0.25, 0.3) is 5.69 Å². The number of hydrazone groups is 1. The number of ether oxygens (including phenoxy) is 3. The van der Waals surface area contributed by atoms with Gasteiger partial charge in [-0.3, -0.25) is 25.2 Å². The molecule has 1 aliphatic heterocycles. The number of hydrogen-bond acceptors (Lipinski definition) is 15. The van der Waals surface area contributed by atoms with Gasteiger partial charge in [-0.05, 0) is 90.0 Å². The van der Waals surface area contributed by atoms with Gasteiger partial charge in [-0.15, -0.1) is 0 Å². The van der Waals surface area contributed by atoms with Gasteiger partial charge in [0, 0.05) is 29.5 Å². The van der Waals surface area contributed by atoms with Crippen molar-refractivity contribution >= 4 is 57.7 Å². The van der Waals surface area contributed by atoms with Crippen LogP contribution in [0.25, 0.3) is 0 Å². The number of benzene rings is 5. The number of nitrogens with zero attached hydrogens (tertiary/aromatic N) is 7. The molecule has 7 rings (SSSR count). The van der Waals surface area contributed by atoms with Crippen LogP contribution in [0.3, 0.4) is 0 Å². The molecule has 0 saturated carbocycles. The van der Waals surface area contributed by atoms with Crippen molar-refractivity contribution in [1.82, 2.24) is 15.0 Å². The van der Waals surface area contributed by atoms with Crippen molar-refractivity contribution in [1.29, 1.82) is 0 Å². The van der Waals surface area contributed by atoms with Gasteiger partial charge in [-0.2, -0.15) is 20.1 Å². The van der Waals surface area contributed by atoms with Gasteiger partial charge >= 0.3 is 5.69 Å². The van der Waals surface area contributed by atoms with Crippen molar-refractivity contribution in [3.05, 3.63) is 147 Å². The largest absolute Gasteiger partial charge is 0.497 e. The Labute approximate surface area is 319 Å². The third-order valence-corrected chi connectivity index (χ3v) is 8.83. The Morgan fingerprint density at radius 1 is 0.607 bits per heavy atom. The predicted octanol–water partition coefficient (Wildman–Crippen LogP) is 8.30. The molecule has 0 spiro atoms. The summed E-state index contributed by atoms with van der Waals surface area (Å²) in [7, 11) is 4.76. The summed E-state index contributed by atoms with van der Waals surface area (Å²) in [4.78, 5) is 36.1. The lowest BCUT2D eigenvalue weighted by molar-refractivity contribution is -0.393. The number of nitrogens with one attached hydrogen (secondary N) is 3. The smallest absolute Gasteiger partial charge is 0.301 e. The Bertz CT molecular complexity index is 2330. The maximum Gasteiger partial charge on any atom is 0.301 e. The zero-order chi connectivity index (χ0) is 39.2. The zero-order valence-corrected chi connectivity index (χ0v) is 30.2. The first-order valence-electron chi connectivity index (χ1n) is 17.1. The van der Waals surface area contributed by atoms with Crippen LogP contribution in [-0.4, -0.2) is 51.8 Å². The van der Waals surface area contributed by atoms with Gasteiger partial charge in [0.05, 0.1) is 49.0 Å². The average molecular weight is 755 g/mol. The molecule has 5 aromatic carbocycles. The summed E-state index contributed by atoms with van der Waals surface area (Å²) in [5.41, 5.74) is 3.69. The maximum absolute atomic E-state index is 12.1. The minimum Gasteiger partial charge on any atom is -0.497 e. The van der Waals surface area contributed by atoms with Crippen molar-refractivity contribution in [2.24, 2.45) is 5.10 Å². The molecule has 1 aliphatic rings. The molecule has 1 aromatic heterocycles. The molecule has 6 aromatic rings. The van der Waals surface area contributed by atoms with Crippen LogP contribution in [0.1, 0.15) is 23.6 Å². The topological polar surface area (TPSA) is 204 Å². The summed E-state index contributed by atoms with van der Waals surface area (Å²) in [6.45, 7) is 0. The molecule has 1 atom stereocenters. The third-order valence-electron chi connectivity index (χ3n) is 8.83. The summed E-state index contributed by atoms with van der Waals surface area (Å²) >= 11 is 0. The van der Waals surface area contributed by atoms with E-state index in [1.165, 1.54) is 12.1 Å². The number of nitro benzene ring substituents is 2. The van der Waals surface area contributed by atoms with Gasteiger partial charge in [0.2, 0.25) is 17.8 Å². The van der Waals surface area contributed by atoms with E-state index in [4.69, 9.17) is 19.3 Å². The van der Waals surface area contributed by atoms with Crippen molar-refractivity contribution in [3.63, 3.8) is 0 Å². The number of anilines is 7. The molecule has 0 saturated heterocycles. The van der Waals surface area contributed by atoms with Crippen molar-refractivity contribution in [2.45, 2.75) is 12.5 Å². The first-order chi connectivity index (χ1) is 27.2. The molecule has 0 radical (unpaired) electrons. The Kier molecular flexibility index (Phi) is 10.5. The number of non-ortho nitro benzene ring substituents is 1. The third kappa shape index (κ3) is 8.21. The first kappa shape index (κ1) is 36.5. The van der Waals surface area contributed by atoms with Crippen LogP contribution >= 0.6 is 0 Å². The van der Waals surface area contributed by atoms with Crippen LogP contribution in [0, 0.1) is 20.2 Å². The molecule has 282 valence electrons. The van der Waals surface area contributed by atoms with E-state index in [9.17, 15) is 20.2 Å². The highest BCUT2D eigenvalue weighted by Crippen LogP contribution is 2.42. The van der Waals surface area contributed by atoms with Crippen LogP contribution in [0.5, 0.6) is 17.2 Å². The second kappa shape index (κ2) is 16.0. The van der Waals surface area contributed by atoms with Crippen LogP contribution in [0.4, 0.5) is 52.0 Å². The van der Waals surface area contributed by atoms with Crippen LogP contribution in [0.2, 0.25) is 0 Å². The fraction of sp³-hybridized carbons (Fsp3) is 0.128. The molecule has 2 heterocycles. The normalized spacial score (nSPS) is 13.4. The minimum absolute atomic E-state index is 0.127. The summed E-state index contributed by atoms with van der Waals surface area (Å²) in [5.74, 6) is 2.89. The van der Waals surface area contributed by atoms with Gasteiger partial charge in [0.1, 0.15) is 22.9 Å². The second-order valence-electron chi connectivity index (χ2n) is 12.3. The molecule has 17 nitrogen and oxygen atoms in total. The van der Waals surface area contributed by atoms with E-state index in [0.717, 1.165) is 28.6 Å². The van der Waals surface area contributed by atoms with Gasteiger partial charge < -0.3 is 30.2 Å². The highest BCUT2D eigenvalue weighted by Gasteiger charge is 2.35. The molecule has 3 N–H and O–H groups in total. The Balaban J connectivity index is 1.17. The number of aromatic nitrogens is 3. The quantitative estimate of drug-likeness (QED) is 0.0707. The van der Waals surface area contributed by atoms with Crippen LogP contribution in [0.15, 0.2) is 120 Å². The van der Waals surface area contributed by atoms with Gasteiger partial charge in [-0.25, -0.2) is 0 Å². The molecule has 0 fully saturated rings. The predicted molar refractivity (Wildman–Crippen MR) is 211 cm³/mol. The molecule has 1 unspecified atom stereocenters.